The van der Waals surface area contributed by atoms with E-state index in [1.807, 2.05) is 6.92 Å². The highest BCUT2D eigenvalue weighted by molar-refractivity contribution is 4.80. The van der Waals surface area contributed by atoms with Crippen LogP contribution in [0.25, 0.3) is 0 Å². The molecule has 0 aliphatic carbocycles. The number of hydrogen-bond donors (Lipinski definition) is 2. The van der Waals surface area contributed by atoms with Gasteiger partial charge in [-0.3, -0.25) is 4.90 Å². The van der Waals surface area contributed by atoms with Crippen LogP contribution in [0.2, 0.25) is 0 Å². The summed E-state index contributed by atoms with van der Waals surface area (Å²) in [6.45, 7) is 4.60. The van der Waals surface area contributed by atoms with E-state index >= 15 is 0 Å². The highest BCUT2D eigenvalue weighted by Crippen LogP contribution is 2.18. The van der Waals surface area contributed by atoms with Crippen LogP contribution >= 0.6 is 0 Å². The normalized spacial score (nSPS) is 28.8. The number of hydrogen-bond acceptors (Lipinski definition) is 3. The molecule has 1 aliphatic rings. The van der Waals surface area contributed by atoms with Crippen LogP contribution in [0.3, 0.4) is 0 Å². The van der Waals surface area contributed by atoms with Crippen molar-refractivity contribution in [1.82, 2.24) is 4.90 Å². The maximum absolute atomic E-state index is 9.49. The summed E-state index contributed by atoms with van der Waals surface area (Å²) in [6, 6.07) is 0.349. The topological polar surface area (TPSA) is 49.5 Å². The molecule has 0 saturated carbocycles. The number of nitrogens with two attached hydrogens (primary N) is 1. The zero-order valence-corrected chi connectivity index (χ0v) is 7.87. The van der Waals surface area contributed by atoms with Crippen LogP contribution in [-0.4, -0.2) is 41.8 Å². The van der Waals surface area contributed by atoms with Crippen molar-refractivity contribution in [2.24, 2.45) is 5.73 Å². The van der Waals surface area contributed by atoms with Crippen molar-refractivity contribution in [2.75, 3.05) is 19.6 Å². The molecular weight excluding hydrogens is 152 g/mol. The van der Waals surface area contributed by atoms with Gasteiger partial charge in [-0.15, -0.1) is 0 Å². The summed E-state index contributed by atoms with van der Waals surface area (Å²) in [4.78, 5) is 2.31. The first-order valence-corrected chi connectivity index (χ1v) is 4.88. The van der Waals surface area contributed by atoms with Gasteiger partial charge in [0.1, 0.15) is 0 Å². The Morgan fingerprint density at radius 3 is 2.92 bits per heavy atom. The molecule has 2 unspecified atom stereocenters. The Morgan fingerprint density at radius 1 is 1.58 bits per heavy atom. The van der Waals surface area contributed by atoms with Crippen LogP contribution < -0.4 is 5.73 Å². The molecular formula is C9H20N2O. The van der Waals surface area contributed by atoms with E-state index in [1.54, 1.807) is 0 Å². The predicted molar refractivity (Wildman–Crippen MR) is 49.9 cm³/mol. The van der Waals surface area contributed by atoms with Crippen LogP contribution in [-0.2, 0) is 0 Å². The second-order valence-corrected chi connectivity index (χ2v) is 3.63. The molecule has 0 aromatic rings. The van der Waals surface area contributed by atoms with Crippen molar-refractivity contribution < 1.29 is 5.11 Å². The van der Waals surface area contributed by atoms with E-state index in [1.165, 1.54) is 12.8 Å². The number of likely N-dealkylation sites (tertiary alicyclic amines) is 1. The molecule has 1 saturated heterocycles. The number of rotatable bonds is 3. The Hall–Kier alpha value is -0.120. The number of piperidine rings is 1. The zero-order chi connectivity index (χ0) is 8.97. The van der Waals surface area contributed by atoms with E-state index in [-0.39, 0.29) is 6.10 Å². The van der Waals surface area contributed by atoms with Gasteiger partial charge in [0.15, 0.2) is 0 Å². The molecule has 0 radical (unpaired) electrons. The lowest BCUT2D eigenvalue weighted by atomic mass is 9.98. The van der Waals surface area contributed by atoms with Crippen molar-refractivity contribution in [3.63, 3.8) is 0 Å². The molecule has 3 N–H and O–H groups in total. The third-order valence-electron chi connectivity index (χ3n) is 2.64. The van der Waals surface area contributed by atoms with Crippen molar-refractivity contribution in [2.45, 2.75) is 38.3 Å². The van der Waals surface area contributed by atoms with Gasteiger partial charge in [-0.2, -0.15) is 0 Å². The molecule has 1 heterocycles. The first-order valence-electron chi connectivity index (χ1n) is 4.88. The minimum absolute atomic E-state index is 0.211. The molecule has 0 spiro atoms. The molecule has 1 fully saturated rings. The maximum Gasteiger partial charge on any atom is 0.0667 e. The van der Waals surface area contributed by atoms with E-state index in [0.29, 0.717) is 12.6 Å². The van der Waals surface area contributed by atoms with Gasteiger partial charge in [-0.25, -0.2) is 0 Å². The van der Waals surface area contributed by atoms with E-state index in [9.17, 15) is 5.11 Å². The van der Waals surface area contributed by atoms with Crippen LogP contribution in [0.5, 0.6) is 0 Å². The maximum atomic E-state index is 9.49. The highest BCUT2D eigenvalue weighted by atomic mass is 16.3. The number of aliphatic hydroxyl groups excluding tert-OH is 1. The smallest absolute Gasteiger partial charge is 0.0667 e. The van der Waals surface area contributed by atoms with Gasteiger partial charge in [0.05, 0.1) is 6.10 Å². The third kappa shape index (κ3) is 2.44. The Labute approximate surface area is 74.5 Å². The fraction of sp³-hybridized carbons (Fsp3) is 1.00. The minimum Gasteiger partial charge on any atom is -0.392 e. The van der Waals surface area contributed by atoms with Crippen LogP contribution in [0.1, 0.15) is 26.2 Å². The van der Waals surface area contributed by atoms with Gasteiger partial charge in [-0.1, -0.05) is 6.42 Å². The molecule has 3 heteroatoms. The lowest BCUT2D eigenvalue weighted by Crippen LogP contribution is -2.47. The second-order valence-electron chi connectivity index (χ2n) is 3.63. The largest absolute Gasteiger partial charge is 0.392 e. The Kier molecular flexibility index (Phi) is 3.98. The summed E-state index contributed by atoms with van der Waals surface area (Å²) >= 11 is 0. The summed E-state index contributed by atoms with van der Waals surface area (Å²) in [5.41, 5.74) is 5.50. The third-order valence-corrected chi connectivity index (χ3v) is 2.64. The Morgan fingerprint density at radius 2 is 2.33 bits per heavy atom. The van der Waals surface area contributed by atoms with Crippen LogP contribution in [0.15, 0.2) is 0 Å². The van der Waals surface area contributed by atoms with E-state index in [0.717, 1.165) is 19.5 Å². The number of nitrogens with zero attached hydrogens (tertiary/aromatic N) is 1. The summed E-state index contributed by atoms with van der Waals surface area (Å²) in [6.07, 6.45) is 3.41. The van der Waals surface area contributed by atoms with Gasteiger partial charge in [0.25, 0.3) is 0 Å². The number of aliphatic hydroxyl groups is 1. The predicted octanol–water partition coefficient (Wildman–Crippen LogP) is 0.180. The van der Waals surface area contributed by atoms with Crippen molar-refractivity contribution in [3.8, 4) is 0 Å². The molecule has 1 aliphatic heterocycles. The van der Waals surface area contributed by atoms with Gasteiger partial charge in [-0.05, 0) is 26.3 Å². The molecule has 2 atom stereocenters. The standard InChI is InChI=1S/C9H20N2O/c1-8(12)9-4-2-3-6-11(9)7-5-10/h8-9,12H,2-7,10H2,1H3. The van der Waals surface area contributed by atoms with Crippen LogP contribution in [0, 0.1) is 0 Å². The summed E-state index contributed by atoms with van der Waals surface area (Å²) in [5, 5.41) is 9.49. The second kappa shape index (κ2) is 4.80. The quantitative estimate of drug-likeness (QED) is 0.638. The summed E-state index contributed by atoms with van der Waals surface area (Å²) in [5.74, 6) is 0. The SMILES string of the molecule is CC(O)C1CCCCN1CCN. The molecule has 0 amide bonds. The first kappa shape index (κ1) is 9.96. The van der Waals surface area contributed by atoms with Crippen molar-refractivity contribution >= 4 is 0 Å². The molecule has 0 bridgehead atoms. The lowest BCUT2D eigenvalue weighted by Gasteiger charge is -2.37. The average molecular weight is 172 g/mol. The van der Waals surface area contributed by atoms with Crippen molar-refractivity contribution in [1.29, 1.82) is 0 Å². The van der Waals surface area contributed by atoms with Gasteiger partial charge < -0.3 is 10.8 Å². The highest BCUT2D eigenvalue weighted by Gasteiger charge is 2.24. The van der Waals surface area contributed by atoms with E-state index in [4.69, 9.17) is 5.73 Å². The molecule has 72 valence electrons. The average Bonchev–Trinajstić information content (AvgIpc) is 2.05. The van der Waals surface area contributed by atoms with E-state index in [2.05, 4.69) is 4.90 Å². The first-order chi connectivity index (χ1) is 5.75. The fourth-order valence-electron chi connectivity index (χ4n) is 2.01. The van der Waals surface area contributed by atoms with Crippen molar-refractivity contribution in [3.05, 3.63) is 0 Å². The molecule has 12 heavy (non-hydrogen) atoms. The monoisotopic (exact) mass is 172 g/mol. The van der Waals surface area contributed by atoms with Crippen LogP contribution in [0.4, 0.5) is 0 Å². The molecule has 0 aromatic carbocycles. The molecule has 0 aromatic heterocycles. The summed E-state index contributed by atoms with van der Waals surface area (Å²) < 4.78 is 0. The lowest BCUT2D eigenvalue weighted by molar-refractivity contribution is 0.0385. The van der Waals surface area contributed by atoms with E-state index < -0.39 is 0 Å². The minimum atomic E-state index is -0.211. The van der Waals surface area contributed by atoms with Gasteiger partial charge in [0.2, 0.25) is 0 Å². The van der Waals surface area contributed by atoms with Gasteiger partial charge in [0, 0.05) is 19.1 Å². The Balaban J connectivity index is 2.42. The molecule has 3 nitrogen and oxygen atoms in total. The zero-order valence-electron chi connectivity index (χ0n) is 7.87. The summed E-state index contributed by atoms with van der Waals surface area (Å²) in [7, 11) is 0. The molecule has 1 rings (SSSR count). The Bertz CT molecular complexity index is 126. The van der Waals surface area contributed by atoms with Gasteiger partial charge >= 0.3 is 0 Å². The fourth-order valence-corrected chi connectivity index (χ4v) is 2.01.